The van der Waals surface area contributed by atoms with Crippen LogP contribution >= 0.6 is 0 Å². The Morgan fingerprint density at radius 1 is 1.23 bits per heavy atom. The third kappa shape index (κ3) is 7.31. The first-order chi connectivity index (χ1) is 16.7. The van der Waals surface area contributed by atoms with Crippen molar-refractivity contribution in [3.8, 4) is 0 Å². The van der Waals surface area contributed by atoms with Gasteiger partial charge in [0.15, 0.2) is 0 Å². The Kier molecular flexibility index (Phi) is 9.32. The topological polar surface area (TPSA) is 107 Å². The van der Waals surface area contributed by atoms with E-state index in [1.54, 1.807) is 11.0 Å². The fourth-order valence-corrected chi connectivity index (χ4v) is 4.75. The predicted octanol–water partition coefficient (Wildman–Crippen LogP) is 2.00. The highest BCUT2D eigenvalue weighted by atomic mass is 16.5. The van der Waals surface area contributed by atoms with Crippen molar-refractivity contribution in [1.29, 1.82) is 0 Å². The van der Waals surface area contributed by atoms with E-state index < -0.39 is 24.7 Å². The SMILES string of the molecule is [C-]#[N+]C(=CC(C)(C)N1CCCC1)C(=O)N1CCC[C@@H]1COC(=O)N[C@@H](Cc1ccccc1)B(O)O. The number of nitrogens with one attached hydrogen (secondary N) is 1. The zero-order chi connectivity index (χ0) is 25.4. The van der Waals surface area contributed by atoms with Crippen LogP contribution in [0.5, 0.6) is 0 Å². The first kappa shape index (κ1) is 26.7. The molecule has 0 aliphatic carbocycles. The summed E-state index contributed by atoms with van der Waals surface area (Å²) < 4.78 is 5.35. The number of carbonyl (C=O) groups is 2. The van der Waals surface area contributed by atoms with Crippen LogP contribution in [0.4, 0.5) is 4.79 Å². The zero-order valence-electron chi connectivity index (χ0n) is 20.5. The molecule has 2 aliphatic heterocycles. The van der Waals surface area contributed by atoms with Gasteiger partial charge in [-0.05, 0) is 64.6 Å². The molecule has 2 heterocycles. The third-order valence-corrected chi connectivity index (χ3v) is 6.76. The average molecular weight is 482 g/mol. The lowest BCUT2D eigenvalue weighted by Gasteiger charge is -2.33. The lowest BCUT2D eigenvalue weighted by molar-refractivity contribution is -0.128. The first-order valence-electron chi connectivity index (χ1n) is 12.2. The van der Waals surface area contributed by atoms with Gasteiger partial charge in [-0.25, -0.2) is 9.64 Å². The van der Waals surface area contributed by atoms with E-state index in [2.05, 4.69) is 15.1 Å². The molecule has 188 valence electrons. The molecule has 2 fully saturated rings. The molecule has 10 heteroatoms. The number of hydrogen-bond donors (Lipinski definition) is 3. The van der Waals surface area contributed by atoms with E-state index in [1.807, 2.05) is 44.2 Å². The molecule has 2 aliphatic rings. The summed E-state index contributed by atoms with van der Waals surface area (Å²) in [4.78, 5) is 33.0. The van der Waals surface area contributed by atoms with Crippen molar-refractivity contribution in [3.63, 3.8) is 0 Å². The molecule has 0 unspecified atom stereocenters. The second-order valence-corrected chi connectivity index (χ2v) is 9.74. The summed E-state index contributed by atoms with van der Waals surface area (Å²) in [6.45, 7) is 14.0. The highest BCUT2D eigenvalue weighted by molar-refractivity contribution is 6.43. The van der Waals surface area contributed by atoms with Crippen molar-refractivity contribution in [2.75, 3.05) is 26.2 Å². The first-order valence-corrected chi connectivity index (χ1v) is 12.2. The van der Waals surface area contributed by atoms with Crippen LogP contribution < -0.4 is 5.32 Å². The highest BCUT2D eigenvalue weighted by Gasteiger charge is 2.35. The number of ether oxygens (including phenoxy) is 1. The number of benzene rings is 1. The molecule has 9 nitrogen and oxygen atoms in total. The molecule has 0 radical (unpaired) electrons. The Labute approximate surface area is 207 Å². The van der Waals surface area contributed by atoms with Gasteiger partial charge in [0, 0.05) is 12.1 Å². The largest absolute Gasteiger partial charge is 0.475 e. The van der Waals surface area contributed by atoms with Crippen LogP contribution in [-0.4, -0.2) is 82.7 Å². The molecule has 2 atom stereocenters. The summed E-state index contributed by atoms with van der Waals surface area (Å²) in [7, 11) is -1.75. The number of rotatable bonds is 9. The number of likely N-dealkylation sites (tertiary alicyclic amines) is 2. The summed E-state index contributed by atoms with van der Waals surface area (Å²) in [6, 6.07) is 8.85. The Balaban J connectivity index is 1.58. The smallest absolute Gasteiger partial charge is 0.447 e. The number of hydrogen-bond acceptors (Lipinski definition) is 6. The second-order valence-electron chi connectivity index (χ2n) is 9.74. The minimum atomic E-state index is -1.75. The molecule has 0 bridgehead atoms. The Morgan fingerprint density at radius 2 is 1.91 bits per heavy atom. The van der Waals surface area contributed by atoms with Gasteiger partial charge >= 0.3 is 13.2 Å². The van der Waals surface area contributed by atoms with Crippen molar-refractivity contribution < 1.29 is 24.4 Å². The quantitative estimate of drug-likeness (QED) is 0.283. The Hall–Kier alpha value is -2.87. The fraction of sp³-hybridized carbons (Fsp3) is 0.560. The Bertz CT molecular complexity index is 941. The monoisotopic (exact) mass is 482 g/mol. The van der Waals surface area contributed by atoms with Gasteiger partial charge in [0.05, 0.1) is 18.6 Å². The molecule has 0 aromatic heterocycles. The molecular formula is C25H35BN4O5. The van der Waals surface area contributed by atoms with Crippen LogP contribution in [0.15, 0.2) is 42.1 Å². The summed E-state index contributed by atoms with van der Waals surface area (Å²) >= 11 is 0. The van der Waals surface area contributed by atoms with E-state index >= 15 is 0 Å². The van der Waals surface area contributed by atoms with E-state index in [-0.39, 0.29) is 30.7 Å². The summed E-state index contributed by atoms with van der Waals surface area (Å²) in [5.74, 6) is -1.28. The van der Waals surface area contributed by atoms with Crippen molar-refractivity contribution in [1.82, 2.24) is 15.1 Å². The van der Waals surface area contributed by atoms with E-state index in [4.69, 9.17) is 11.3 Å². The number of carbonyl (C=O) groups excluding carboxylic acids is 2. The molecule has 1 aromatic rings. The van der Waals surface area contributed by atoms with Gasteiger partial charge in [0.2, 0.25) is 5.70 Å². The minimum Gasteiger partial charge on any atom is -0.447 e. The van der Waals surface area contributed by atoms with Crippen LogP contribution in [0.25, 0.3) is 4.85 Å². The maximum absolute atomic E-state index is 13.2. The van der Waals surface area contributed by atoms with E-state index in [1.165, 1.54) is 0 Å². The van der Waals surface area contributed by atoms with Gasteiger partial charge in [0.1, 0.15) is 6.61 Å². The van der Waals surface area contributed by atoms with Crippen molar-refractivity contribution in [2.24, 2.45) is 0 Å². The molecule has 0 spiro atoms. The number of amides is 2. The van der Waals surface area contributed by atoms with Gasteiger partial charge in [-0.15, -0.1) is 0 Å². The zero-order valence-corrected chi connectivity index (χ0v) is 20.5. The van der Waals surface area contributed by atoms with Crippen LogP contribution in [-0.2, 0) is 16.0 Å². The van der Waals surface area contributed by atoms with Crippen molar-refractivity contribution in [2.45, 2.75) is 63.5 Å². The number of alkyl carbamates (subject to hydrolysis) is 1. The van der Waals surface area contributed by atoms with Gasteiger partial charge < -0.3 is 25.0 Å². The normalized spacial score (nSPS) is 19.8. The van der Waals surface area contributed by atoms with E-state index in [0.29, 0.717) is 13.0 Å². The number of nitrogens with zero attached hydrogens (tertiary/aromatic N) is 3. The van der Waals surface area contributed by atoms with Crippen LogP contribution in [0.3, 0.4) is 0 Å². The third-order valence-electron chi connectivity index (χ3n) is 6.76. The second kappa shape index (κ2) is 12.2. The standard InChI is InChI=1S/C25H35BN4O5/c1-25(2,29-13-7-8-14-29)17-21(27-3)23(31)30-15-9-12-20(30)18-35-24(32)28-22(26(33)34)16-19-10-5-4-6-11-19/h4-6,10-11,17,20,22,33-34H,7-9,12-16,18H2,1-2H3,(H,28,32)/t20-,22+/m1/s1. The summed E-state index contributed by atoms with van der Waals surface area (Å²) in [5, 5.41) is 21.8. The van der Waals surface area contributed by atoms with Crippen LogP contribution in [0.2, 0.25) is 0 Å². The maximum atomic E-state index is 13.2. The molecule has 0 saturated carbocycles. The Morgan fingerprint density at radius 3 is 2.54 bits per heavy atom. The summed E-state index contributed by atoms with van der Waals surface area (Å²) in [5.41, 5.74) is 0.537. The van der Waals surface area contributed by atoms with Gasteiger partial charge in [-0.3, -0.25) is 9.69 Å². The van der Waals surface area contributed by atoms with Crippen LogP contribution in [0.1, 0.15) is 45.1 Å². The molecule has 35 heavy (non-hydrogen) atoms. The van der Waals surface area contributed by atoms with Crippen LogP contribution in [0, 0.1) is 6.57 Å². The molecule has 1 aromatic carbocycles. The van der Waals surface area contributed by atoms with Gasteiger partial charge in [-0.1, -0.05) is 36.4 Å². The highest BCUT2D eigenvalue weighted by Crippen LogP contribution is 2.26. The lowest BCUT2D eigenvalue weighted by Crippen LogP contribution is -2.49. The van der Waals surface area contributed by atoms with Gasteiger partial charge in [-0.2, -0.15) is 0 Å². The average Bonchev–Trinajstić information content (AvgIpc) is 3.54. The van der Waals surface area contributed by atoms with Crippen molar-refractivity contribution in [3.05, 3.63) is 59.1 Å². The predicted molar refractivity (Wildman–Crippen MR) is 133 cm³/mol. The maximum Gasteiger partial charge on any atom is 0.475 e. The molecule has 2 amide bonds. The molecule has 3 rings (SSSR count). The van der Waals surface area contributed by atoms with E-state index in [0.717, 1.165) is 37.9 Å². The molecule has 2 saturated heterocycles. The molecule has 3 N–H and O–H groups in total. The summed E-state index contributed by atoms with van der Waals surface area (Å²) in [6.07, 6.45) is 4.86. The molecular weight excluding hydrogens is 447 g/mol. The van der Waals surface area contributed by atoms with Crippen molar-refractivity contribution >= 4 is 19.1 Å². The van der Waals surface area contributed by atoms with Gasteiger partial charge in [0.25, 0.3) is 5.91 Å². The van der Waals surface area contributed by atoms with E-state index in [9.17, 15) is 19.6 Å². The lowest BCUT2D eigenvalue weighted by atomic mass is 9.76. The minimum absolute atomic E-state index is 0.0298. The fourth-order valence-electron chi connectivity index (χ4n) is 4.75.